The molecule has 1 heterocycles. The van der Waals surface area contributed by atoms with Crippen molar-refractivity contribution < 1.29 is 19.1 Å². The summed E-state index contributed by atoms with van der Waals surface area (Å²) in [7, 11) is 1.76. The Bertz CT molecular complexity index is 1410. The van der Waals surface area contributed by atoms with Crippen LogP contribution >= 0.6 is 0 Å². The molecule has 0 spiro atoms. The van der Waals surface area contributed by atoms with Gasteiger partial charge in [0.25, 0.3) is 5.91 Å². The van der Waals surface area contributed by atoms with Crippen molar-refractivity contribution in [2.75, 3.05) is 38.1 Å². The molecular formula is C35H45N5O4. The highest BCUT2D eigenvalue weighted by molar-refractivity contribution is 5.96. The van der Waals surface area contributed by atoms with Crippen LogP contribution in [0.25, 0.3) is 11.1 Å². The number of nitrogens with one attached hydrogen (secondary N) is 1. The average Bonchev–Trinajstić information content (AvgIpc) is 3.42. The normalized spacial score (nSPS) is 13.0. The number of nitrogens with zero attached hydrogens (tertiary/aromatic N) is 4. The molecule has 4 rings (SSSR count). The molecule has 0 radical (unpaired) electrons. The van der Waals surface area contributed by atoms with Crippen LogP contribution in [0.4, 0.5) is 10.5 Å². The maximum Gasteiger partial charge on any atom is 0.410 e. The van der Waals surface area contributed by atoms with Crippen LogP contribution in [-0.2, 0) is 27.4 Å². The topological polar surface area (TPSA) is 85.4 Å². The Balaban J connectivity index is 1.45. The molecule has 234 valence electrons. The highest BCUT2D eigenvalue weighted by Crippen LogP contribution is 2.26. The molecule has 0 bridgehead atoms. The molecule has 0 unspecified atom stereocenters. The van der Waals surface area contributed by atoms with Crippen molar-refractivity contribution in [3.63, 3.8) is 0 Å². The minimum atomic E-state index is -0.634. The van der Waals surface area contributed by atoms with Gasteiger partial charge in [-0.1, -0.05) is 66.7 Å². The molecular weight excluding hydrogens is 554 g/mol. The second-order valence-electron chi connectivity index (χ2n) is 12.3. The molecule has 9 heteroatoms. The second-order valence-corrected chi connectivity index (χ2v) is 12.3. The number of hydrogen-bond donors (Lipinski definition) is 1. The lowest BCUT2D eigenvalue weighted by molar-refractivity contribution is -0.145. The standard InChI is InChI=1S/C35H45N5O4/c1-26(2)39(34(43)44-35(3,4)5)19-20-40(31-18-12-17-28(21-31)27-13-8-7-9-14-27)33(42)23-36-22-32(41)37(6)38-24-29-15-10-11-16-30(29)25-38/h7-18,21,26,36H,19-20,22-25H2,1-6H3. The third-order valence-corrected chi connectivity index (χ3v) is 7.54. The zero-order valence-corrected chi connectivity index (χ0v) is 26.7. The molecule has 0 saturated heterocycles. The molecule has 0 fully saturated rings. The quantitative estimate of drug-likeness (QED) is 0.322. The first-order valence-corrected chi connectivity index (χ1v) is 15.2. The van der Waals surface area contributed by atoms with Gasteiger partial charge in [0.1, 0.15) is 5.60 Å². The van der Waals surface area contributed by atoms with E-state index in [1.807, 2.05) is 106 Å². The lowest BCUT2D eigenvalue weighted by atomic mass is 10.0. The number of hydrogen-bond acceptors (Lipinski definition) is 6. The van der Waals surface area contributed by atoms with Crippen molar-refractivity contribution in [2.24, 2.45) is 0 Å². The summed E-state index contributed by atoms with van der Waals surface area (Å²) in [5.41, 5.74) is 4.52. The minimum absolute atomic E-state index is 0.0169. The summed E-state index contributed by atoms with van der Waals surface area (Å²) in [6, 6.07) is 25.8. The first-order chi connectivity index (χ1) is 20.9. The van der Waals surface area contributed by atoms with Gasteiger partial charge in [-0.05, 0) is 69.0 Å². The number of likely N-dealkylation sites (N-methyl/N-ethyl adjacent to an activating group) is 1. The summed E-state index contributed by atoms with van der Waals surface area (Å²) in [6.07, 6.45) is -0.422. The number of anilines is 1. The third kappa shape index (κ3) is 8.67. The molecule has 1 N–H and O–H groups in total. The van der Waals surface area contributed by atoms with Crippen LogP contribution in [0.15, 0.2) is 78.9 Å². The molecule has 0 aromatic heterocycles. The molecule has 1 aliphatic rings. The van der Waals surface area contributed by atoms with Crippen LogP contribution in [0, 0.1) is 0 Å². The summed E-state index contributed by atoms with van der Waals surface area (Å²) in [5, 5.41) is 6.68. The van der Waals surface area contributed by atoms with E-state index in [1.54, 1.807) is 21.9 Å². The predicted molar refractivity (Wildman–Crippen MR) is 174 cm³/mol. The monoisotopic (exact) mass is 599 g/mol. The van der Waals surface area contributed by atoms with E-state index in [1.165, 1.54) is 11.1 Å². The summed E-state index contributed by atoms with van der Waals surface area (Å²) >= 11 is 0. The highest BCUT2D eigenvalue weighted by Gasteiger charge is 2.27. The fraction of sp³-hybridized carbons (Fsp3) is 0.400. The van der Waals surface area contributed by atoms with E-state index in [4.69, 9.17) is 4.74 Å². The van der Waals surface area contributed by atoms with Gasteiger partial charge in [0.15, 0.2) is 0 Å². The number of rotatable bonds is 11. The van der Waals surface area contributed by atoms with Gasteiger partial charge in [-0.2, -0.15) is 0 Å². The molecule has 0 aliphatic carbocycles. The summed E-state index contributed by atoms with van der Waals surface area (Å²) in [4.78, 5) is 43.0. The highest BCUT2D eigenvalue weighted by atomic mass is 16.6. The van der Waals surface area contributed by atoms with Crippen LogP contribution in [-0.4, -0.2) is 77.7 Å². The Morgan fingerprint density at radius 3 is 2.02 bits per heavy atom. The maximum absolute atomic E-state index is 13.7. The smallest absolute Gasteiger partial charge is 0.410 e. The zero-order valence-electron chi connectivity index (χ0n) is 26.7. The molecule has 1 aliphatic heterocycles. The fourth-order valence-electron chi connectivity index (χ4n) is 5.14. The Labute approximate surface area is 261 Å². The van der Waals surface area contributed by atoms with Crippen LogP contribution in [0.3, 0.4) is 0 Å². The Hall–Kier alpha value is -4.21. The van der Waals surface area contributed by atoms with Gasteiger partial charge >= 0.3 is 6.09 Å². The number of hydrazine groups is 1. The number of fused-ring (bicyclic) bond motifs is 1. The molecule has 9 nitrogen and oxygen atoms in total. The molecule has 0 saturated carbocycles. The number of carbonyl (C=O) groups is 3. The van der Waals surface area contributed by atoms with Crippen LogP contribution < -0.4 is 10.2 Å². The molecule has 3 aromatic carbocycles. The van der Waals surface area contributed by atoms with E-state index in [0.29, 0.717) is 18.8 Å². The molecule has 44 heavy (non-hydrogen) atoms. The summed E-state index contributed by atoms with van der Waals surface area (Å²) < 4.78 is 5.64. The Kier molecular flexibility index (Phi) is 10.8. The predicted octanol–water partition coefficient (Wildman–Crippen LogP) is 5.31. The van der Waals surface area contributed by atoms with Crippen LogP contribution in [0.2, 0.25) is 0 Å². The SMILES string of the molecule is CC(C)N(CCN(C(=O)CNCC(=O)N(C)N1Cc2ccccc2C1)c1cccc(-c2ccccc2)c1)C(=O)OC(C)(C)C. The van der Waals surface area contributed by atoms with Gasteiger partial charge in [0.05, 0.1) is 13.1 Å². The Morgan fingerprint density at radius 1 is 0.818 bits per heavy atom. The van der Waals surface area contributed by atoms with Gasteiger partial charge in [-0.15, -0.1) is 0 Å². The number of carbonyl (C=O) groups excluding carboxylic acids is 3. The van der Waals surface area contributed by atoms with Crippen LogP contribution in [0.1, 0.15) is 45.7 Å². The van der Waals surface area contributed by atoms with Crippen LogP contribution in [0.5, 0.6) is 0 Å². The van der Waals surface area contributed by atoms with E-state index in [9.17, 15) is 14.4 Å². The number of ether oxygens (including phenoxy) is 1. The van der Waals surface area contributed by atoms with Gasteiger partial charge < -0.3 is 14.5 Å². The van der Waals surface area contributed by atoms with Crippen molar-refractivity contribution in [1.82, 2.24) is 20.2 Å². The lowest BCUT2D eigenvalue weighted by Gasteiger charge is -2.32. The van der Waals surface area contributed by atoms with Gasteiger partial charge in [-0.3, -0.25) is 19.9 Å². The minimum Gasteiger partial charge on any atom is -0.444 e. The number of amides is 3. The zero-order chi connectivity index (χ0) is 31.9. The number of benzene rings is 3. The van der Waals surface area contributed by atoms with E-state index in [2.05, 4.69) is 17.4 Å². The van der Waals surface area contributed by atoms with Crippen molar-refractivity contribution in [1.29, 1.82) is 0 Å². The summed E-state index contributed by atoms with van der Waals surface area (Å²) in [6.45, 7) is 11.2. The second kappa shape index (κ2) is 14.5. The van der Waals surface area contributed by atoms with Crippen molar-refractivity contribution in [3.05, 3.63) is 90.0 Å². The third-order valence-electron chi connectivity index (χ3n) is 7.54. The fourth-order valence-corrected chi connectivity index (χ4v) is 5.14. The van der Waals surface area contributed by atoms with Gasteiger partial charge in [0, 0.05) is 45.0 Å². The largest absolute Gasteiger partial charge is 0.444 e. The van der Waals surface area contributed by atoms with Crippen molar-refractivity contribution in [3.8, 4) is 11.1 Å². The summed E-state index contributed by atoms with van der Waals surface area (Å²) in [5.74, 6) is -0.328. The molecule has 3 amide bonds. The molecule has 0 atom stereocenters. The van der Waals surface area contributed by atoms with Gasteiger partial charge in [0.2, 0.25) is 5.91 Å². The maximum atomic E-state index is 13.7. The lowest BCUT2D eigenvalue weighted by Crippen LogP contribution is -2.49. The van der Waals surface area contributed by atoms with Crippen molar-refractivity contribution >= 4 is 23.6 Å². The van der Waals surface area contributed by atoms with E-state index in [0.717, 1.165) is 11.1 Å². The molecule has 3 aromatic rings. The van der Waals surface area contributed by atoms with Crippen molar-refractivity contribution in [2.45, 2.75) is 59.4 Å². The van der Waals surface area contributed by atoms with Gasteiger partial charge in [-0.25, -0.2) is 9.80 Å². The first-order valence-electron chi connectivity index (χ1n) is 15.2. The van der Waals surface area contributed by atoms with E-state index < -0.39 is 11.7 Å². The van der Waals surface area contributed by atoms with E-state index >= 15 is 0 Å². The van der Waals surface area contributed by atoms with E-state index in [-0.39, 0.29) is 44.0 Å². The first kappa shape index (κ1) is 32.7. The average molecular weight is 600 g/mol. The Morgan fingerprint density at radius 2 is 1.41 bits per heavy atom.